The van der Waals surface area contributed by atoms with Gasteiger partial charge in [0.2, 0.25) is 0 Å². The lowest BCUT2D eigenvalue weighted by atomic mass is 9.80. The molecule has 0 radical (unpaired) electrons. The molecular weight excluding hydrogens is 273 g/mol. The van der Waals surface area contributed by atoms with Gasteiger partial charge in [-0.05, 0) is 35.2 Å². The molecule has 0 saturated carbocycles. The van der Waals surface area contributed by atoms with Gasteiger partial charge >= 0.3 is 21.9 Å². The maximum absolute atomic E-state index is 8.96. The van der Waals surface area contributed by atoms with E-state index in [1.54, 1.807) is 24.3 Å². The summed E-state index contributed by atoms with van der Waals surface area (Å²) in [5.74, 6) is 1.06. The summed E-state index contributed by atoms with van der Waals surface area (Å²) in [6.45, 7) is 0. The molecule has 4 N–H and O–H groups in total. The first-order valence-electron chi connectivity index (χ1n) is 6.24. The van der Waals surface area contributed by atoms with Crippen LogP contribution in [-0.2, 0) is 0 Å². The van der Waals surface area contributed by atoms with Crippen molar-refractivity contribution < 1.29 is 29.4 Å². The van der Waals surface area contributed by atoms with Crippen LogP contribution in [0.15, 0.2) is 48.5 Å². The SMILES string of the molecule is OB(O)c1ccc(OBOc2ccc(B(O)O)cc2)cc1. The molecule has 0 atom stereocenters. The Morgan fingerprint density at radius 2 is 0.952 bits per heavy atom. The summed E-state index contributed by atoms with van der Waals surface area (Å²) in [6, 6.07) is 12.6. The van der Waals surface area contributed by atoms with Crippen LogP contribution in [0.2, 0.25) is 0 Å². The smallest absolute Gasteiger partial charge is 0.529 e. The van der Waals surface area contributed by atoms with Crippen LogP contribution in [0.5, 0.6) is 11.5 Å². The van der Waals surface area contributed by atoms with Gasteiger partial charge < -0.3 is 29.4 Å². The van der Waals surface area contributed by atoms with E-state index in [0.717, 1.165) is 0 Å². The summed E-state index contributed by atoms with van der Waals surface area (Å²) >= 11 is 0. The summed E-state index contributed by atoms with van der Waals surface area (Å²) in [6.07, 6.45) is 0. The predicted octanol–water partition coefficient (Wildman–Crippen LogP) is -2.23. The zero-order chi connectivity index (χ0) is 15.2. The van der Waals surface area contributed by atoms with Gasteiger partial charge in [0.25, 0.3) is 0 Å². The fraction of sp³-hybridized carbons (Fsp3) is 0. The van der Waals surface area contributed by atoms with E-state index in [1.165, 1.54) is 24.3 Å². The number of rotatable bonds is 6. The van der Waals surface area contributed by atoms with E-state index in [4.69, 9.17) is 29.4 Å². The Balaban J connectivity index is 1.83. The number of hydrogen-bond acceptors (Lipinski definition) is 6. The minimum absolute atomic E-state index is 0.0257. The van der Waals surface area contributed by atoms with Crippen molar-refractivity contribution in [2.75, 3.05) is 0 Å². The van der Waals surface area contributed by atoms with Crippen molar-refractivity contribution in [1.29, 1.82) is 0 Å². The molecule has 0 aliphatic heterocycles. The van der Waals surface area contributed by atoms with Gasteiger partial charge in [-0.3, -0.25) is 0 Å². The molecule has 2 aromatic carbocycles. The molecule has 0 spiro atoms. The zero-order valence-electron chi connectivity index (χ0n) is 11.1. The number of hydrogen-bond donors (Lipinski definition) is 4. The standard InChI is InChI=1S/C12H13B3O6/c16-14(17)9-1-5-11(6-2-9)20-13-21-12-7-3-10(4-8-12)15(18)19/h1-8,13,16-19H. The quantitative estimate of drug-likeness (QED) is 0.449. The van der Waals surface area contributed by atoms with Gasteiger partial charge in [-0.25, -0.2) is 0 Å². The highest BCUT2D eigenvalue weighted by Gasteiger charge is 2.11. The summed E-state index contributed by atoms with van der Waals surface area (Å²) in [5, 5.41) is 35.8. The summed E-state index contributed by atoms with van der Waals surface area (Å²) in [5.41, 5.74) is 0.753. The molecular formula is C12H13B3O6. The highest BCUT2D eigenvalue weighted by atomic mass is 16.6. The second-order valence-electron chi connectivity index (χ2n) is 4.29. The second-order valence-corrected chi connectivity index (χ2v) is 4.29. The summed E-state index contributed by atoms with van der Waals surface area (Å²) in [4.78, 5) is 0. The van der Waals surface area contributed by atoms with Crippen LogP contribution in [0.3, 0.4) is 0 Å². The van der Waals surface area contributed by atoms with Crippen molar-refractivity contribution in [1.82, 2.24) is 0 Å². The Morgan fingerprint density at radius 1 is 0.619 bits per heavy atom. The average Bonchev–Trinajstić information content (AvgIpc) is 2.48. The van der Waals surface area contributed by atoms with E-state index in [-0.39, 0.29) is 7.69 Å². The molecule has 21 heavy (non-hydrogen) atoms. The highest BCUT2D eigenvalue weighted by Crippen LogP contribution is 2.10. The van der Waals surface area contributed by atoms with E-state index in [1.807, 2.05) is 0 Å². The van der Waals surface area contributed by atoms with Crippen molar-refractivity contribution in [2.45, 2.75) is 0 Å². The van der Waals surface area contributed by atoms with Crippen LogP contribution < -0.4 is 20.2 Å². The van der Waals surface area contributed by atoms with Crippen molar-refractivity contribution in [2.24, 2.45) is 0 Å². The first kappa shape index (κ1) is 15.5. The first-order valence-corrected chi connectivity index (χ1v) is 6.24. The molecule has 0 saturated heterocycles. The van der Waals surface area contributed by atoms with Crippen LogP contribution in [0.4, 0.5) is 0 Å². The zero-order valence-corrected chi connectivity index (χ0v) is 11.1. The van der Waals surface area contributed by atoms with Gasteiger partial charge in [0.1, 0.15) is 11.5 Å². The van der Waals surface area contributed by atoms with Crippen LogP contribution in [0.25, 0.3) is 0 Å². The Kier molecular flexibility index (Phi) is 5.29. The molecule has 0 amide bonds. The minimum Gasteiger partial charge on any atom is -0.529 e. The maximum Gasteiger partial charge on any atom is 0.576 e. The van der Waals surface area contributed by atoms with E-state index >= 15 is 0 Å². The van der Waals surface area contributed by atoms with E-state index in [9.17, 15) is 0 Å². The lowest BCUT2D eigenvalue weighted by molar-refractivity contribution is 0.424. The fourth-order valence-corrected chi connectivity index (χ4v) is 1.64. The maximum atomic E-state index is 8.96. The van der Waals surface area contributed by atoms with Gasteiger partial charge in [-0.2, -0.15) is 0 Å². The first-order chi connectivity index (χ1) is 10.1. The van der Waals surface area contributed by atoms with Crippen molar-refractivity contribution in [3.8, 4) is 11.5 Å². The molecule has 0 heterocycles. The van der Waals surface area contributed by atoms with Gasteiger partial charge in [-0.15, -0.1) is 0 Å². The van der Waals surface area contributed by atoms with Crippen LogP contribution in [-0.4, -0.2) is 42.0 Å². The fourth-order valence-electron chi connectivity index (χ4n) is 1.64. The third kappa shape index (κ3) is 4.54. The van der Waals surface area contributed by atoms with E-state index in [0.29, 0.717) is 22.4 Å². The summed E-state index contributed by atoms with van der Waals surface area (Å²) in [7, 11) is -3.03. The Labute approximate surface area is 123 Å². The molecule has 0 fully saturated rings. The molecule has 6 nitrogen and oxygen atoms in total. The van der Waals surface area contributed by atoms with Gasteiger partial charge in [0, 0.05) is 0 Å². The molecule has 106 valence electrons. The predicted molar refractivity (Wildman–Crippen MR) is 80.9 cm³/mol. The van der Waals surface area contributed by atoms with Gasteiger partial charge in [0.05, 0.1) is 0 Å². The van der Waals surface area contributed by atoms with E-state index < -0.39 is 14.2 Å². The van der Waals surface area contributed by atoms with Crippen LogP contribution in [0, 0.1) is 0 Å². The highest BCUT2D eigenvalue weighted by molar-refractivity contribution is 6.58. The molecule has 0 unspecified atom stereocenters. The Bertz CT molecular complexity index is 507. The minimum atomic E-state index is -1.50. The molecule has 0 aromatic heterocycles. The third-order valence-electron chi connectivity index (χ3n) is 2.81. The number of benzene rings is 2. The molecule has 0 aliphatic rings. The van der Waals surface area contributed by atoms with Crippen molar-refractivity contribution >= 4 is 32.8 Å². The molecule has 0 aliphatic carbocycles. The average molecular weight is 286 g/mol. The normalized spacial score (nSPS) is 9.90. The Morgan fingerprint density at radius 3 is 1.24 bits per heavy atom. The molecule has 9 heteroatoms. The molecule has 0 bridgehead atoms. The van der Waals surface area contributed by atoms with Crippen LogP contribution in [0.1, 0.15) is 0 Å². The van der Waals surface area contributed by atoms with Gasteiger partial charge in [-0.1, -0.05) is 24.3 Å². The molecule has 2 rings (SSSR count). The molecule has 2 aromatic rings. The van der Waals surface area contributed by atoms with Gasteiger partial charge in [0.15, 0.2) is 0 Å². The van der Waals surface area contributed by atoms with E-state index in [2.05, 4.69) is 0 Å². The monoisotopic (exact) mass is 286 g/mol. The van der Waals surface area contributed by atoms with Crippen molar-refractivity contribution in [3.63, 3.8) is 0 Å². The van der Waals surface area contributed by atoms with Crippen LogP contribution >= 0.6 is 0 Å². The van der Waals surface area contributed by atoms with Crippen molar-refractivity contribution in [3.05, 3.63) is 48.5 Å². The lowest BCUT2D eigenvalue weighted by Crippen LogP contribution is -2.29. The summed E-state index contributed by atoms with van der Waals surface area (Å²) < 4.78 is 10.7. The topological polar surface area (TPSA) is 99.4 Å². The Hall–Kier alpha value is -1.93. The lowest BCUT2D eigenvalue weighted by Gasteiger charge is -2.08. The largest absolute Gasteiger partial charge is 0.576 e. The second kappa shape index (κ2) is 7.19. The third-order valence-corrected chi connectivity index (χ3v) is 2.81.